The van der Waals surface area contributed by atoms with Gasteiger partial charge in [-0.15, -0.1) is 0 Å². The third-order valence-electron chi connectivity index (χ3n) is 1.99. The highest BCUT2D eigenvalue weighted by molar-refractivity contribution is 7.86. The van der Waals surface area contributed by atoms with Gasteiger partial charge in [0, 0.05) is 0 Å². The van der Waals surface area contributed by atoms with E-state index in [9.17, 15) is 16.8 Å². The van der Waals surface area contributed by atoms with Gasteiger partial charge in [0.2, 0.25) is 0 Å². The molecule has 0 aliphatic heterocycles. The minimum Gasteiger partial charge on any atom is -0.495 e. The fourth-order valence-electron chi connectivity index (χ4n) is 1.31. The second kappa shape index (κ2) is 4.26. The van der Waals surface area contributed by atoms with Crippen molar-refractivity contribution in [1.82, 2.24) is 0 Å². The Morgan fingerprint density at radius 3 is 1.94 bits per heavy atom. The summed E-state index contributed by atoms with van der Waals surface area (Å²) in [5.41, 5.74) is 0.148. The number of benzene rings is 1. The maximum atomic E-state index is 11.0. The van der Waals surface area contributed by atoms with Crippen LogP contribution in [0.3, 0.4) is 0 Å². The number of rotatable bonds is 3. The predicted molar refractivity (Wildman–Crippen MR) is 57.4 cm³/mol. The molecule has 2 N–H and O–H groups in total. The van der Waals surface area contributed by atoms with Gasteiger partial charge in [-0.2, -0.15) is 16.8 Å². The fraction of sp³-hybridized carbons (Fsp3) is 0.250. The van der Waals surface area contributed by atoms with Gasteiger partial charge in [0.1, 0.15) is 10.6 Å². The normalized spacial score (nSPS) is 12.5. The first-order valence-corrected chi connectivity index (χ1v) is 7.09. The Bertz CT molecular complexity index is 643. The standard InChI is InChI=1S/C8H10O7S2/c1-5-3-6(16(9,10)11)4-7(8(5)15-2)17(12,13)14/h3-4H,1-2H3,(H,9,10,11)(H,12,13,14). The van der Waals surface area contributed by atoms with Crippen LogP contribution in [0.5, 0.6) is 5.75 Å². The number of hydrogen-bond acceptors (Lipinski definition) is 5. The van der Waals surface area contributed by atoms with Crippen molar-refractivity contribution in [3.8, 4) is 5.75 Å². The van der Waals surface area contributed by atoms with Gasteiger partial charge in [-0.1, -0.05) is 0 Å². The molecule has 0 saturated carbocycles. The second-order valence-electron chi connectivity index (χ2n) is 3.22. The monoisotopic (exact) mass is 282 g/mol. The van der Waals surface area contributed by atoms with E-state index in [2.05, 4.69) is 0 Å². The summed E-state index contributed by atoms with van der Waals surface area (Å²) >= 11 is 0. The number of hydrogen-bond donors (Lipinski definition) is 2. The summed E-state index contributed by atoms with van der Waals surface area (Å²) in [5, 5.41) is 0. The van der Waals surface area contributed by atoms with Crippen molar-refractivity contribution in [3.05, 3.63) is 17.7 Å². The summed E-state index contributed by atoms with van der Waals surface area (Å²) in [7, 11) is -8.04. The molecule has 0 heterocycles. The van der Waals surface area contributed by atoms with Crippen molar-refractivity contribution in [2.24, 2.45) is 0 Å². The fourth-order valence-corrected chi connectivity index (χ4v) is 2.73. The van der Waals surface area contributed by atoms with Crippen molar-refractivity contribution in [1.29, 1.82) is 0 Å². The van der Waals surface area contributed by atoms with E-state index in [4.69, 9.17) is 13.8 Å². The number of aryl methyl sites for hydroxylation is 1. The molecule has 0 spiro atoms. The van der Waals surface area contributed by atoms with Crippen molar-refractivity contribution in [2.45, 2.75) is 16.7 Å². The van der Waals surface area contributed by atoms with Crippen LogP contribution in [0.4, 0.5) is 0 Å². The lowest BCUT2D eigenvalue weighted by Gasteiger charge is -2.10. The van der Waals surface area contributed by atoms with Crippen molar-refractivity contribution in [2.75, 3.05) is 7.11 Å². The Hall–Kier alpha value is -1.16. The molecule has 17 heavy (non-hydrogen) atoms. The summed E-state index contributed by atoms with van der Waals surface area (Å²) in [6.07, 6.45) is 0. The molecule has 0 aliphatic carbocycles. The van der Waals surface area contributed by atoms with E-state index in [1.54, 1.807) is 0 Å². The predicted octanol–water partition coefficient (Wildman–Crippen LogP) is 0.497. The van der Waals surface area contributed by atoms with Crippen LogP contribution in [-0.2, 0) is 20.2 Å². The molecule has 1 aromatic rings. The van der Waals surface area contributed by atoms with E-state index in [0.29, 0.717) is 6.07 Å². The van der Waals surface area contributed by atoms with Crippen LogP contribution in [0.25, 0.3) is 0 Å². The van der Waals surface area contributed by atoms with E-state index in [1.807, 2.05) is 0 Å². The number of ether oxygens (including phenoxy) is 1. The average Bonchev–Trinajstić information content (AvgIpc) is 2.13. The van der Waals surface area contributed by atoms with Crippen LogP contribution in [-0.4, -0.2) is 33.1 Å². The van der Waals surface area contributed by atoms with E-state index >= 15 is 0 Å². The summed E-state index contributed by atoms with van der Waals surface area (Å²) in [4.78, 5) is -1.35. The molecule has 0 bridgehead atoms. The zero-order chi connectivity index (χ0) is 13.4. The van der Waals surface area contributed by atoms with Crippen LogP contribution >= 0.6 is 0 Å². The largest absolute Gasteiger partial charge is 0.495 e. The van der Waals surface area contributed by atoms with Gasteiger partial charge in [0.05, 0.1) is 12.0 Å². The van der Waals surface area contributed by atoms with Gasteiger partial charge in [0.15, 0.2) is 0 Å². The molecule has 1 aromatic carbocycles. The maximum absolute atomic E-state index is 11.0. The van der Waals surface area contributed by atoms with Crippen LogP contribution in [0, 0.1) is 6.92 Å². The quantitative estimate of drug-likeness (QED) is 0.775. The molecular formula is C8H10O7S2. The maximum Gasteiger partial charge on any atom is 0.298 e. The second-order valence-corrected chi connectivity index (χ2v) is 6.03. The third-order valence-corrected chi connectivity index (χ3v) is 3.68. The van der Waals surface area contributed by atoms with Crippen molar-refractivity contribution < 1.29 is 30.7 Å². The van der Waals surface area contributed by atoms with Crippen LogP contribution < -0.4 is 4.74 Å². The zero-order valence-electron chi connectivity index (χ0n) is 8.91. The lowest BCUT2D eigenvalue weighted by molar-refractivity contribution is 0.393. The van der Waals surface area contributed by atoms with Crippen molar-refractivity contribution >= 4 is 20.2 Å². The average molecular weight is 282 g/mol. The van der Waals surface area contributed by atoms with Crippen LogP contribution in [0.15, 0.2) is 21.9 Å². The van der Waals surface area contributed by atoms with E-state index in [0.717, 1.165) is 6.07 Å². The summed E-state index contributed by atoms with van der Waals surface area (Å²) in [5.74, 6) is -0.181. The highest BCUT2D eigenvalue weighted by Gasteiger charge is 2.23. The molecule has 0 saturated heterocycles. The molecule has 0 aromatic heterocycles. The summed E-state index contributed by atoms with van der Waals surface area (Å²) in [6.45, 7) is 1.38. The van der Waals surface area contributed by atoms with Gasteiger partial charge in [-0.05, 0) is 24.6 Å². The molecule has 0 fully saturated rings. The Kier molecular flexibility index (Phi) is 3.48. The lowest BCUT2D eigenvalue weighted by Crippen LogP contribution is -2.07. The van der Waals surface area contributed by atoms with Gasteiger partial charge >= 0.3 is 0 Å². The van der Waals surface area contributed by atoms with Gasteiger partial charge in [-0.25, -0.2) is 0 Å². The topological polar surface area (TPSA) is 118 Å². The molecule has 0 aliphatic rings. The summed E-state index contributed by atoms with van der Waals surface area (Å²) < 4.78 is 66.4. The number of methoxy groups -OCH3 is 1. The van der Waals surface area contributed by atoms with E-state index in [-0.39, 0.29) is 11.3 Å². The SMILES string of the molecule is COc1c(C)cc(S(=O)(=O)O)cc1S(=O)(=O)O. The highest BCUT2D eigenvalue weighted by Crippen LogP contribution is 2.30. The zero-order valence-corrected chi connectivity index (χ0v) is 10.5. The molecular weight excluding hydrogens is 272 g/mol. The first-order chi connectivity index (χ1) is 7.57. The van der Waals surface area contributed by atoms with Gasteiger partial charge in [0.25, 0.3) is 20.2 Å². The van der Waals surface area contributed by atoms with E-state index in [1.165, 1.54) is 14.0 Å². The molecule has 0 amide bonds. The van der Waals surface area contributed by atoms with Crippen LogP contribution in [0.2, 0.25) is 0 Å². The minimum atomic E-state index is -4.65. The molecule has 0 radical (unpaired) electrons. The highest BCUT2D eigenvalue weighted by atomic mass is 32.2. The molecule has 96 valence electrons. The smallest absolute Gasteiger partial charge is 0.298 e. The van der Waals surface area contributed by atoms with Gasteiger partial charge in [-0.3, -0.25) is 9.11 Å². The first-order valence-electron chi connectivity index (χ1n) is 4.21. The molecule has 0 atom stereocenters. The molecule has 7 nitrogen and oxygen atoms in total. The van der Waals surface area contributed by atoms with E-state index < -0.39 is 30.0 Å². The van der Waals surface area contributed by atoms with Crippen LogP contribution in [0.1, 0.15) is 5.56 Å². The molecule has 0 unspecified atom stereocenters. The Morgan fingerprint density at radius 2 is 1.59 bits per heavy atom. The molecule has 9 heteroatoms. The Morgan fingerprint density at radius 1 is 1.06 bits per heavy atom. The Labute approximate surface area is 98.5 Å². The third kappa shape index (κ3) is 2.94. The first kappa shape index (κ1) is 13.9. The van der Waals surface area contributed by atoms with Gasteiger partial charge < -0.3 is 4.74 Å². The minimum absolute atomic E-state index is 0.148. The lowest BCUT2D eigenvalue weighted by atomic mass is 10.2. The molecule has 1 rings (SSSR count). The van der Waals surface area contributed by atoms with Crippen molar-refractivity contribution in [3.63, 3.8) is 0 Å². The summed E-state index contributed by atoms with van der Waals surface area (Å²) in [6, 6.07) is 1.65. The Balaban J connectivity index is 3.75.